The highest BCUT2D eigenvalue weighted by atomic mass is 35.5. The smallest absolute Gasteiger partial charge is 0.405 e. The van der Waals surface area contributed by atoms with Crippen molar-refractivity contribution in [2.24, 2.45) is 0 Å². The van der Waals surface area contributed by atoms with E-state index in [-0.39, 0.29) is 18.4 Å². The van der Waals surface area contributed by atoms with Gasteiger partial charge in [0.1, 0.15) is 0 Å². The zero-order valence-corrected chi connectivity index (χ0v) is 10.8. The van der Waals surface area contributed by atoms with Crippen LogP contribution in [0.25, 0.3) is 6.08 Å². The standard InChI is InChI=1S/C13H16N2O2.ClH/c16-13(17)14-11-5-4-9-6-8-15-7-2-1-3-10(11)12(9)15;/h4-6,8,10-11,14H,1-3,7H2,(H,16,17);1H. The Balaban J connectivity index is 0.00000120. The van der Waals surface area contributed by atoms with Crippen molar-refractivity contribution in [3.05, 3.63) is 29.6 Å². The van der Waals surface area contributed by atoms with Crippen LogP contribution in [0, 0.1) is 0 Å². The summed E-state index contributed by atoms with van der Waals surface area (Å²) in [5, 5.41) is 11.5. The van der Waals surface area contributed by atoms with Gasteiger partial charge in [0.25, 0.3) is 0 Å². The van der Waals surface area contributed by atoms with Crippen molar-refractivity contribution in [2.75, 3.05) is 0 Å². The molecule has 1 aromatic rings. The van der Waals surface area contributed by atoms with Crippen LogP contribution in [0.3, 0.4) is 0 Å². The van der Waals surface area contributed by atoms with Gasteiger partial charge in [0.05, 0.1) is 6.04 Å². The summed E-state index contributed by atoms with van der Waals surface area (Å²) in [4.78, 5) is 10.8. The normalized spacial score (nSPS) is 24.7. The number of hydrogen-bond donors (Lipinski definition) is 2. The molecule has 2 aliphatic rings. The predicted octanol–water partition coefficient (Wildman–Crippen LogP) is 2.84. The van der Waals surface area contributed by atoms with Crippen molar-refractivity contribution in [1.29, 1.82) is 0 Å². The van der Waals surface area contributed by atoms with Crippen LogP contribution in [0.1, 0.15) is 36.4 Å². The lowest BCUT2D eigenvalue weighted by molar-refractivity contribution is 0.190. The Bertz CT molecular complexity index is 481. The number of carboxylic acid groups (broad SMARTS) is 1. The number of rotatable bonds is 1. The van der Waals surface area contributed by atoms with E-state index in [1.165, 1.54) is 17.7 Å². The molecule has 18 heavy (non-hydrogen) atoms. The van der Waals surface area contributed by atoms with Crippen LogP contribution < -0.4 is 5.32 Å². The first-order chi connectivity index (χ1) is 8.25. The molecule has 1 amide bonds. The lowest BCUT2D eigenvalue weighted by atomic mass is 9.85. The fourth-order valence-electron chi connectivity index (χ4n) is 3.03. The fraction of sp³-hybridized carbons (Fsp3) is 0.462. The Labute approximate surface area is 112 Å². The van der Waals surface area contributed by atoms with Crippen molar-refractivity contribution in [2.45, 2.75) is 37.8 Å². The van der Waals surface area contributed by atoms with E-state index < -0.39 is 6.09 Å². The number of hydrogen-bond acceptors (Lipinski definition) is 1. The average Bonchev–Trinajstić information content (AvgIpc) is 2.56. The second-order valence-electron chi connectivity index (χ2n) is 4.79. The Morgan fingerprint density at radius 3 is 3.06 bits per heavy atom. The second kappa shape index (κ2) is 5.06. The molecule has 2 unspecified atom stereocenters. The lowest BCUT2D eigenvalue weighted by Crippen LogP contribution is -2.38. The van der Waals surface area contributed by atoms with Gasteiger partial charge in [-0.25, -0.2) is 4.79 Å². The van der Waals surface area contributed by atoms with Crippen LogP contribution in [0.4, 0.5) is 4.79 Å². The summed E-state index contributed by atoms with van der Waals surface area (Å²) in [6.45, 7) is 1.06. The minimum Gasteiger partial charge on any atom is -0.465 e. The molecule has 4 nitrogen and oxygen atoms in total. The van der Waals surface area contributed by atoms with E-state index in [1.807, 2.05) is 12.2 Å². The molecule has 0 spiro atoms. The number of carbonyl (C=O) groups is 1. The molecule has 0 saturated heterocycles. The molecule has 1 aliphatic heterocycles. The van der Waals surface area contributed by atoms with Gasteiger partial charge in [-0.15, -0.1) is 12.4 Å². The topological polar surface area (TPSA) is 54.3 Å². The van der Waals surface area contributed by atoms with Crippen LogP contribution in [-0.2, 0) is 6.54 Å². The first kappa shape index (κ1) is 13.0. The highest BCUT2D eigenvalue weighted by Crippen LogP contribution is 2.36. The zero-order valence-electron chi connectivity index (χ0n) is 10.0. The third-order valence-electron chi connectivity index (χ3n) is 3.76. The number of nitrogens with zero attached hydrogens (tertiary/aromatic N) is 1. The number of nitrogens with one attached hydrogen (secondary N) is 1. The third-order valence-corrected chi connectivity index (χ3v) is 3.76. The van der Waals surface area contributed by atoms with Crippen LogP contribution in [-0.4, -0.2) is 21.8 Å². The van der Waals surface area contributed by atoms with Gasteiger partial charge in [-0.3, -0.25) is 0 Å². The lowest BCUT2D eigenvalue weighted by Gasteiger charge is -2.28. The highest BCUT2D eigenvalue weighted by molar-refractivity contribution is 5.85. The molecule has 2 atom stereocenters. The molecule has 0 saturated carbocycles. The van der Waals surface area contributed by atoms with Crippen molar-refractivity contribution in [3.8, 4) is 0 Å². The Morgan fingerprint density at radius 2 is 2.28 bits per heavy atom. The summed E-state index contributed by atoms with van der Waals surface area (Å²) in [6, 6.07) is 2.05. The van der Waals surface area contributed by atoms with Gasteiger partial charge < -0.3 is 15.0 Å². The SMILES string of the molecule is Cl.O=C(O)NC1C=Cc2ccn3c2C1CCCC3. The van der Waals surface area contributed by atoms with Crippen molar-refractivity contribution in [1.82, 2.24) is 9.88 Å². The minimum absolute atomic E-state index is 0. The van der Waals surface area contributed by atoms with Crippen molar-refractivity contribution < 1.29 is 9.90 Å². The monoisotopic (exact) mass is 268 g/mol. The van der Waals surface area contributed by atoms with E-state index in [4.69, 9.17) is 5.11 Å². The molecule has 0 fully saturated rings. The van der Waals surface area contributed by atoms with E-state index in [0.717, 1.165) is 19.4 Å². The molecule has 0 radical (unpaired) electrons. The summed E-state index contributed by atoms with van der Waals surface area (Å²) in [6.07, 6.45) is 8.60. The summed E-state index contributed by atoms with van der Waals surface area (Å²) in [5.74, 6) is 0.295. The fourth-order valence-corrected chi connectivity index (χ4v) is 3.03. The van der Waals surface area contributed by atoms with E-state index >= 15 is 0 Å². The van der Waals surface area contributed by atoms with Crippen LogP contribution >= 0.6 is 12.4 Å². The molecule has 1 aromatic heterocycles. The zero-order chi connectivity index (χ0) is 11.8. The third kappa shape index (κ3) is 2.12. The molecule has 1 aliphatic carbocycles. The van der Waals surface area contributed by atoms with Crippen molar-refractivity contribution in [3.63, 3.8) is 0 Å². The van der Waals surface area contributed by atoms with Gasteiger partial charge in [0, 0.05) is 24.4 Å². The van der Waals surface area contributed by atoms with Crippen LogP contribution in [0.15, 0.2) is 18.3 Å². The second-order valence-corrected chi connectivity index (χ2v) is 4.79. The first-order valence-corrected chi connectivity index (χ1v) is 6.12. The Hall–Kier alpha value is -1.42. The minimum atomic E-state index is -0.939. The number of amides is 1. The maximum atomic E-state index is 10.8. The summed E-state index contributed by atoms with van der Waals surface area (Å²) in [7, 11) is 0. The van der Waals surface area contributed by atoms with Crippen LogP contribution in [0.2, 0.25) is 0 Å². The predicted molar refractivity (Wildman–Crippen MR) is 72.3 cm³/mol. The molecule has 2 heterocycles. The van der Waals surface area contributed by atoms with Crippen molar-refractivity contribution >= 4 is 24.6 Å². The van der Waals surface area contributed by atoms with E-state index in [9.17, 15) is 4.79 Å². The maximum Gasteiger partial charge on any atom is 0.405 e. The number of aromatic nitrogens is 1. The van der Waals surface area contributed by atoms with Gasteiger partial charge >= 0.3 is 6.09 Å². The maximum absolute atomic E-state index is 10.8. The molecule has 2 N–H and O–H groups in total. The molecule has 0 bridgehead atoms. The highest BCUT2D eigenvalue weighted by Gasteiger charge is 2.31. The van der Waals surface area contributed by atoms with Gasteiger partial charge in [-0.05, 0) is 24.5 Å². The van der Waals surface area contributed by atoms with E-state index in [0.29, 0.717) is 5.92 Å². The molecule has 0 aromatic carbocycles. The van der Waals surface area contributed by atoms with Gasteiger partial charge in [0.2, 0.25) is 0 Å². The largest absolute Gasteiger partial charge is 0.465 e. The summed E-state index contributed by atoms with van der Waals surface area (Å²) >= 11 is 0. The summed E-state index contributed by atoms with van der Waals surface area (Å²) in [5.41, 5.74) is 2.56. The van der Waals surface area contributed by atoms with Crippen LogP contribution in [0.5, 0.6) is 0 Å². The Kier molecular flexibility index (Phi) is 3.66. The average molecular weight is 269 g/mol. The van der Waals surface area contributed by atoms with Gasteiger partial charge in [0.15, 0.2) is 0 Å². The number of aryl methyl sites for hydroxylation is 1. The molecular weight excluding hydrogens is 252 g/mol. The molecule has 98 valence electrons. The molecule has 5 heteroatoms. The van der Waals surface area contributed by atoms with E-state index in [1.54, 1.807) is 0 Å². The molecular formula is C13H17ClN2O2. The van der Waals surface area contributed by atoms with Gasteiger partial charge in [-0.2, -0.15) is 0 Å². The summed E-state index contributed by atoms with van der Waals surface area (Å²) < 4.78 is 2.28. The first-order valence-electron chi connectivity index (χ1n) is 6.12. The number of halogens is 1. The van der Waals surface area contributed by atoms with Gasteiger partial charge in [-0.1, -0.05) is 18.6 Å². The van der Waals surface area contributed by atoms with E-state index in [2.05, 4.69) is 22.1 Å². The Morgan fingerprint density at radius 1 is 1.44 bits per heavy atom. The molecule has 3 rings (SSSR count). The quantitative estimate of drug-likeness (QED) is 0.823.